The lowest BCUT2D eigenvalue weighted by Gasteiger charge is -2.29. The van der Waals surface area contributed by atoms with Gasteiger partial charge in [-0.15, -0.1) is 0 Å². The van der Waals surface area contributed by atoms with E-state index in [1.54, 1.807) is 24.3 Å². The van der Waals surface area contributed by atoms with Crippen LogP contribution in [0.15, 0.2) is 46.9 Å². The van der Waals surface area contributed by atoms with Gasteiger partial charge < -0.3 is 5.11 Å². The third-order valence-corrected chi connectivity index (χ3v) is 5.46. The summed E-state index contributed by atoms with van der Waals surface area (Å²) < 4.78 is 0.855. The predicted octanol–water partition coefficient (Wildman–Crippen LogP) is 4.04. The summed E-state index contributed by atoms with van der Waals surface area (Å²) in [4.78, 5) is 40.3. The summed E-state index contributed by atoms with van der Waals surface area (Å²) in [6, 6.07) is 10.6. The zero-order valence-corrected chi connectivity index (χ0v) is 17.8. The van der Waals surface area contributed by atoms with Crippen molar-refractivity contribution < 1.29 is 19.5 Å². The Morgan fingerprint density at radius 1 is 1.11 bits per heavy atom. The number of imide groups is 2. The summed E-state index contributed by atoms with van der Waals surface area (Å²) in [6.45, 7) is 0.591. The van der Waals surface area contributed by atoms with Gasteiger partial charge in [0.25, 0.3) is 11.8 Å². The summed E-state index contributed by atoms with van der Waals surface area (Å²) in [5, 5.41) is 9.84. The van der Waals surface area contributed by atoms with Crippen molar-refractivity contribution in [1.29, 1.82) is 0 Å². The molecule has 0 unspecified atom stereocenters. The SMILES string of the molecule is C[C@@]1(Cc2ccc(Br)cc2)C(=O)N(c2cc(Cl)cc(Cl)c2)C(=O)N1C(=O)CO. The highest BCUT2D eigenvalue weighted by atomic mass is 79.9. The number of hydrogen-bond donors (Lipinski definition) is 1. The van der Waals surface area contributed by atoms with Crippen LogP contribution in [0.25, 0.3) is 0 Å². The molecule has 1 heterocycles. The summed E-state index contributed by atoms with van der Waals surface area (Å²) in [6.07, 6.45) is 0.0847. The van der Waals surface area contributed by atoms with E-state index in [9.17, 15) is 19.5 Å². The molecule has 0 aromatic heterocycles. The van der Waals surface area contributed by atoms with Crippen LogP contribution in [0.4, 0.5) is 10.5 Å². The quantitative estimate of drug-likeness (QED) is 0.663. The highest BCUT2D eigenvalue weighted by Gasteiger charge is 2.57. The maximum absolute atomic E-state index is 13.3. The molecule has 9 heteroatoms. The number of rotatable bonds is 4. The number of aliphatic hydroxyl groups is 1. The maximum Gasteiger partial charge on any atom is 0.339 e. The number of carbonyl (C=O) groups is 3. The minimum atomic E-state index is -1.51. The second-order valence-corrected chi connectivity index (χ2v) is 8.30. The van der Waals surface area contributed by atoms with E-state index in [1.807, 2.05) is 0 Å². The number of carbonyl (C=O) groups excluding carboxylic acids is 3. The molecule has 0 radical (unpaired) electrons. The van der Waals surface area contributed by atoms with Crippen LogP contribution in [0.5, 0.6) is 0 Å². The van der Waals surface area contributed by atoms with E-state index in [4.69, 9.17) is 23.2 Å². The van der Waals surface area contributed by atoms with E-state index in [-0.39, 0.29) is 22.2 Å². The largest absolute Gasteiger partial charge is 0.387 e. The molecule has 3 rings (SSSR count). The maximum atomic E-state index is 13.3. The third kappa shape index (κ3) is 3.67. The minimum Gasteiger partial charge on any atom is -0.387 e. The highest BCUT2D eigenvalue weighted by molar-refractivity contribution is 9.10. The van der Waals surface area contributed by atoms with Gasteiger partial charge in [-0.1, -0.05) is 51.3 Å². The van der Waals surface area contributed by atoms with Gasteiger partial charge in [0.1, 0.15) is 12.1 Å². The predicted molar refractivity (Wildman–Crippen MR) is 110 cm³/mol. The summed E-state index contributed by atoms with van der Waals surface area (Å²) in [5.41, 5.74) is -0.615. The van der Waals surface area contributed by atoms with E-state index >= 15 is 0 Å². The van der Waals surface area contributed by atoms with Crippen molar-refractivity contribution in [2.45, 2.75) is 18.9 Å². The molecule has 146 valence electrons. The smallest absolute Gasteiger partial charge is 0.339 e. The van der Waals surface area contributed by atoms with Gasteiger partial charge in [0.2, 0.25) is 0 Å². The van der Waals surface area contributed by atoms with E-state index in [2.05, 4.69) is 15.9 Å². The molecule has 2 aromatic carbocycles. The van der Waals surface area contributed by atoms with Gasteiger partial charge in [-0.2, -0.15) is 0 Å². The molecule has 0 spiro atoms. The van der Waals surface area contributed by atoms with E-state index in [1.165, 1.54) is 25.1 Å². The fourth-order valence-corrected chi connectivity index (χ4v) is 4.02. The summed E-state index contributed by atoms with van der Waals surface area (Å²) in [7, 11) is 0. The topological polar surface area (TPSA) is 77.9 Å². The molecule has 4 amide bonds. The van der Waals surface area contributed by atoms with Gasteiger partial charge in [-0.25, -0.2) is 14.6 Å². The second kappa shape index (κ2) is 7.83. The van der Waals surface area contributed by atoms with Crippen molar-refractivity contribution in [3.8, 4) is 0 Å². The van der Waals surface area contributed by atoms with Crippen molar-refractivity contribution in [3.63, 3.8) is 0 Å². The number of hydrogen-bond acceptors (Lipinski definition) is 4. The van der Waals surface area contributed by atoms with Gasteiger partial charge in [-0.05, 0) is 42.8 Å². The van der Waals surface area contributed by atoms with E-state index in [0.717, 1.165) is 19.8 Å². The van der Waals surface area contributed by atoms with Crippen LogP contribution < -0.4 is 4.90 Å². The molecule has 1 saturated heterocycles. The zero-order valence-electron chi connectivity index (χ0n) is 14.7. The molecule has 28 heavy (non-hydrogen) atoms. The summed E-state index contributed by atoms with van der Waals surface area (Å²) in [5.74, 6) is -1.48. The van der Waals surface area contributed by atoms with Crippen LogP contribution in [-0.4, -0.2) is 40.0 Å². The molecule has 0 saturated carbocycles. The molecule has 1 aliphatic rings. The van der Waals surface area contributed by atoms with Crippen molar-refractivity contribution >= 4 is 62.7 Å². The Kier molecular flexibility index (Phi) is 5.82. The lowest BCUT2D eigenvalue weighted by Crippen LogP contribution is -2.52. The van der Waals surface area contributed by atoms with Crippen LogP contribution in [-0.2, 0) is 16.0 Å². The second-order valence-electron chi connectivity index (χ2n) is 6.52. The number of nitrogens with zero attached hydrogens (tertiary/aromatic N) is 2. The molecule has 0 bridgehead atoms. The van der Waals surface area contributed by atoms with Crippen LogP contribution in [0.3, 0.4) is 0 Å². The van der Waals surface area contributed by atoms with Crippen LogP contribution in [0, 0.1) is 0 Å². The van der Waals surface area contributed by atoms with Crippen molar-refractivity contribution in [2.75, 3.05) is 11.5 Å². The Morgan fingerprint density at radius 3 is 2.21 bits per heavy atom. The van der Waals surface area contributed by atoms with Gasteiger partial charge in [-0.3, -0.25) is 9.59 Å². The van der Waals surface area contributed by atoms with Crippen LogP contribution in [0.2, 0.25) is 10.0 Å². The number of amides is 4. The van der Waals surface area contributed by atoms with Crippen LogP contribution >= 0.6 is 39.1 Å². The molecular formula is C19H15BrCl2N2O4. The molecule has 0 aliphatic carbocycles. The van der Waals surface area contributed by atoms with E-state index in [0.29, 0.717) is 0 Å². The average Bonchev–Trinajstić information content (AvgIpc) is 2.81. The Labute approximate surface area is 179 Å². The minimum absolute atomic E-state index is 0.0847. The van der Waals surface area contributed by atoms with E-state index < -0.39 is 30.0 Å². The van der Waals surface area contributed by atoms with Gasteiger partial charge in [0.05, 0.1) is 5.69 Å². The normalized spacial score (nSPS) is 19.5. The summed E-state index contributed by atoms with van der Waals surface area (Å²) >= 11 is 15.4. The number of benzene rings is 2. The third-order valence-electron chi connectivity index (χ3n) is 4.49. The number of anilines is 1. The monoisotopic (exact) mass is 484 g/mol. The van der Waals surface area contributed by atoms with Crippen molar-refractivity contribution in [1.82, 2.24) is 4.90 Å². The number of urea groups is 1. The first-order chi connectivity index (χ1) is 13.2. The molecule has 1 fully saturated rings. The highest BCUT2D eigenvalue weighted by Crippen LogP contribution is 2.37. The lowest BCUT2D eigenvalue weighted by atomic mass is 9.91. The van der Waals surface area contributed by atoms with Gasteiger partial charge in [0, 0.05) is 20.9 Å². The first-order valence-electron chi connectivity index (χ1n) is 8.20. The fraction of sp³-hybridized carbons (Fsp3) is 0.211. The standard InChI is InChI=1S/C19H15BrCl2N2O4/c1-19(9-11-2-4-12(20)5-3-11)17(27)23(18(28)24(19)16(26)10-25)15-7-13(21)6-14(22)8-15/h2-8,25H,9-10H2,1H3/t19-/m1/s1. The Hall–Kier alpha value is -1.93. The number of halogens is 3. The first-order valence-corrected chi connectivity index (χ1v) is 9.75. The zero-order chi connectivity index (χ0) is 20.6. The fourth-order valence-electron chi connectivity index (χ4n) is 3.24. The molecule has 2 aromatic rings. The lowest BCUT2D eigenvalue weighted by molar-refractivity contribution is -0.139. The molecule has 1 N–H and O–H groups in total. The number of aliphatic hydroxyl groups excluding tert-OH is 1. The average molecular weight is 486 g/mol. The molecular weight excluding hydrogens is 471 g/mol. The van der Waals surface area contributed by atoms with Crippen molar-refractivity contribution in [2.24, 2.45) is 0 Å². The Bertz CT molecular complexity index is 947. The Morgan fingerprint density at radius 2 is 1.68 bits per heavy atom. The van der Waals surface area contributed by atoms with Crippen LogP contribution in [0.1, 0.15) is 12.5 Å². The molecule has 6 nitrogen and oxygen atoms in total. The van der Waals surface area contributed by atoms with Gasteiger partial charge >= 0.3 is 6.03 Å². The van der Waals surface area contributed by atoms with Gasteiger partial charge in [0.15, 0.2) is 0 Å². The molecule has 1 aliphatic heterocycles. The Balaban J connectivity index is 2.08. The van der Waals surface area contributed by atoms with Crippen molar-refractivity contribution in [3.05, 3.63) is 62.5 Å². The molecule has 1 atom stereocenters. The first kappa shape index (κ1) is 20.8.